The van der Waals surface area contributed by atoms with E-state index in [0.717, 1.165) is 12.8 Å². The lowest BCUT2D eigenvalue weighted by atomic mass is 10.1. The van der Waals surface area contributed by atoms with E-state index >= 15 is 0 Å². The molecule has 0 spiro atoms. The second-order valence-corrected chi connectivity index (χ2v) is 3.67. The van der Waals surface area contributed by atoms with E-state index in [-0.39, 0.29) is 23.8 Å². The van der Waals surface area contributed by atoms with Crippen LogP contribution in [0.5, 0.6) is 0 Å². The van der Waals surface area contributed by atoms with Gasteiger partial charge in [-0.2, -0.15) is 0 Å². The number of nitrogens with two attached hydrogens (primary N) is 1. The molecule has 1 fully saturated rings. The average Bonchev–Trinajstić information content (AvgIpc) is 2.77. The Balaban J connectivity index is 2.27. The van der Waals surface area contributed by atoms with Crippen LogP contribution in [-0.2, 0) is 9.53 Å². The van der Waals surface area contributed by atoms with Crippen molar-refractivity contribution in [3.05, 3.63) is 0 Å². The minimum absolute atomic E-state index is 0.114. The van der Waals surface area contributed by atoms with Crippen LogP contribution >= 0.6 is 0 Å². The molecule has 2 atom stereocenters. The summed E-state index contributed by atoms with van der Waals surface area (Å²) in [5, 5.41) is 14.0. The van der Waals surface area contributed by atoms with E-state index in [9.17, 15) is 4.79 Å². The van der Waals surface area contributed by atoms with Gasteiger partial charge in [0.1, 0.15) is 11.9 Å². The molecule has 6 nitrogen and oxygen atoms in total. The fourth-order valence-electron chi connectivity index (χ4n) is 1.36. The van der Waals surface area contributed by atoms with E-state index in [2.05, 4.69) is 10.5 Å². The first kappa shape index (κ1) is 11.8. The number of amides is 1. The number of hydrogen-bond donors (Lipinski definition) is 3. The number of amidine groups is 1. The van der Waals surface area contributed by atoms with E-state index < -0.39 is 0 Å². The Hall–Kier alpha value is -1.30. The molecule has 0 radical (unpaired) electrons. The van der Waals surface area contributed by atoms with Gasteiger partial charge in [0.25, 0.3) is 0 Å². The quantitative estimate of drug-likeness (QED) is 0.259. The third-order valence-electron chi connectivity index (χ3n) is 2.42. The highest BCUT2D eigenvalue weighted by Crippen LogP contribution is 2.11. The molecule has 0 aromatic heterocycles. The first-order valence-corrected chi connectivity index (χ1v) is 5.02. The predicted octanol–water partition coefficient (Wildman–Crippen LogP) is -0.336. The monoisotopic (exact) mass is 215 g/mol. The topological polar surface area (TPSA) is 96.9 Å². The highest BCUT2D eigenvalue weighted by Gasteiger charge is 2.23. The van der Waals surface area contributed by atoms with Crippen LogP contribution in [-0.4, -0.2) is 36.2 Å². The Morgan fingerprint density at radius 2 is 2.53 bits per heavy atom. The fraction of sp³-hybridized carbons (Fsp3) is 0.778. The fourth-order valence-corrected chi connectivity index (χ4v) is 1.36. The van der Waals surface area contributed by atoms with Gasteiger partial charge in [-0.15, -0.1) is 0 Å². The zero-order valence-electron chi connectivity index (χ0n) is 8.77. The molecule has 0 saturated carbocycles. The van der Waals surface area contributed by atoms with E-state index in [0.29, 0.717) is 13.2 Å². The third-order valence-corrected chi connectivity index (χ3v) is 2.42. The Morgan fingerprint density at radius 1 is 1.80 bits per heavy atom. The molecule has 1 amide bonds. The van der Waals surface area contributed by atoms with Crippen molar-refractivity contribution in [3.8, 4) is 0 Å². The summed E-state index contributed by atoms with van der Waals surface area (Å²) in [6.45, 7) is 2.77. The molecule has 1 aliphatic heterocycles. The molecular weight excluding hydrogens is 198 g/mol. The second kappa shape index (κ2) is 5.55. The largest absolute Gasteiger partial charge is 0.409 e. The summed E-state index contributed by atoms with van der Waals surface area (Å²) >= 11 is 0. The van der Waals surface area contributed by atoms with Crippen LogP contribution < -0.4 is 11.1 Å². The molecule has 2 unspecified atom stereocenters. The van der Waals surface area contributed by atoms with Crippen molar-refractivity contribution in [1.82, 2.24) is 5.32 Å². The van der Waals surface area contributed by atoms with Gasteiger partial charge in [0.05, 0.1) is 0 Å². The van der Waals surface area contributed by atoms with E-state index in [4.69, 9.17) is 15.7 Å². The second-order valence-electron chi connectivity index (χ2n) is 3.67. The Labute approximate surface area is 88.5 Å². The van der Waals surface area contributed by atoms with Gasteiger partial charge >= 0.3 is 0 Å². The number of hydrogen-bond acceptors (Lipinski definition) is 4. The smallest absolute Gasteiger partial charge is 0.249 e. The van der Waals surface area contributed by atoms with E-state index in [1.807, 2.05) is 0 Å². The Kier molecular flexibility index (Phi) is 4.36. The van der Waals surface area contributed by atoms with Crippen LogP contribution in [0.4, 0.5) is 0 Å². The molecule has 4 N–H and O–H groups in total. The van der Waals surface area contributed by atoms with Crippen molar-refractivity contribution in [3.63, 3.8) is 0 Å². The summed E-state index contributed by atoms with van der Waals surface area (Å²) in [6, 6.07) is 0. The Bertz CT molecular complexity index is 249. The molecule has 0 aliphatic carbocycles. The van der Waals surface area contributed by atoms with Crippen LogP contribution in [0.25, 0.3) is 0 Å². The number of rotatable bonds is 4. The number of nitrogens with one attached hydrogen (secondary N) is 1. The standard InChI is InChI=1S/C9H17N3O3/c1-6(8(10)12-14)5-11-9(13)7-3-2-4-15-7/h6-7,14H,2-5H2,1H3,(H2,10,12)(H,11,13). The van der Waals surface area contributed by atoms with Crippen molar-refractivity contribution in [2.45, 2.75) is 25.9 Å². The first-order chi connectivity index (χ1) is 7.15. The SMILES string of the molecule is CC(CNC(=O)C1CCCO1)C(N)=NO. The number of nitrogens with zero attached hydrogens (tertiary/aromatic N) is 1. The summed E-state index contributed by atoms with van der Waals surface area (Å²) < 4.78 is 5.21. The number of carbonyl (C=O) groups excluding carboxylic acids is 1. The maximum Gasteiger partial charge on any atom is 0.249 e. The molecule has 1 saturated heterocycles. The van der Waals surface area contributed by atoms with Crippen LogP contribution in [0.3, 0.4) is 0 Å². The molecular formula is C9H17N3O3. The van der Waals surface area contributed by atoms with Gasteiger partial charge in [-0.3, -0.25) is 4.79 Å². The van der Waals surface area contributed by atoms with Crippen molar-refractivity contribution in [2.24, 2.45) is 16.8 Å². The lowest BCUT2D eigenvalue weighted by molar-refractivity contribution is -0.130. The van der Waals surface area contributed by atoms with Crippen LogP contribution in [0.1, 0.15) is 19.8 Å². The van der Waals surface area contributed by atoms with Crippen molar-refractivity contribution in [1.29, 1.82) is 0 Å². The summed E-state index contributed by atoms with van der Waals surface area (Å²) in [7, 11) is 0. The minimum Gasteiger partial charge on any atom is -0.409 e. The van der Waals surface area contributed by atoms with Crippen LogP contribution in [0, 0.1) is 5.92 Å². The lowest BCUT2D eigenvalue weighted by Crippen LogP contribution is -2.39. The third kappa shape index (κ3) is 3.39. The van der Waals surface area contributed by atoms with Gasteiger partial charge in [0, 0.05) is 19.1 Å². The molecule has 1 aliphatic rings. The molecule has 0 bridgehead atoms. The van der Waals surface area contributed by atoms with Gasteiger partial charge in [0.15, 0.2) is 0 Å². The van der Waals surface area contributed by atoms with Crippen molar-refractivity contribution >= 4 is 11.7 Å². The van der Waals surface area contributed by atoms with Gasteiger partial charge < -0.3 is 21.0 Å². The molecule has 0 aromatic rings. The summed E-state index contributed by atoms with van der Waals surface area (Å²) in [6.07, 6.45) is 1.36. The number of carbonyl (C=O) groups is 1. The van der Waals surface area contributed by atoms with E-state index in [1.54, 1.807) is 6.92 Å². The highest BCUT2D eigenvalue weighted by molar-refractivity contribution is 5.84. The van der Waals surface area contributed by atoms with Gasteiger partial charge in [-0.25, -0.2) is 0 Å². The van der Waals surface area contributed by atoms with Crippen molar-refractivity contribution < 1.29 is 14.7 Å². The maximum absolute atomic E-state index is 11.5. The van der Waals surface area contributed by atoms with E-state index in [1.165, 1.54) is 0 Å². The lowest BCUT2D eigenvalue weighted by Gasteiger charge is -2.13. The molecule has 6 heteroatoms. The highest BCUT2D eigenvalue weighted by atomic mass is 16.5. The molecule has 1 heterocycles. The van der Waals surface area contributed by atoms with Crippen molar-refractivity contribution in [2.75, 3.05) is 13.2 Å². The van der Waals surface area contributed by atoms with Gasteiger partial charge in [-0.05, 0) is 12.8 Å². The molecule has 15 heavy (non-hydrogen) atoms. The molecule has 86 valence electrons. The van der Waals surface area contributed by atoms with Crippen LogP contribution in [0.15, 0.2) is 5.16 Å². The molecule has 0 aromatic carbocycles. The maximum atomic E-state index is 11.5. The average molecular weight is 215 g/mol. The molecule has 1 rings (SSSR count). The summed E-state index contributed by atoms with van der Waals surface area (Å²) in [5.74, 6) is -0.187. The Morgan fingerprint density at radius 3 is 3.07 bits per heavy atom. The van der Waals surface area contributed by atoms with Gasteiger partial charge in [-0.1, -0.05) is 12.1 Å². The van der Waals surface area contributed by atoms with Gasteiger partial charge in [0.2, 0.25) is 5.91 Å². The zero-order chi connectivity index (χ0) is 11.3. The normalized spacial score (nSPS) is 23.8. The number of oxime groups is 1. The summed E-state index contributed by atoms with van der Waals surface area (Å²) in [5.41, 5.74) is 5.37. The van der Waals surface area contributed by atoms with Crippen LogP contribution in [0.2, 0.25) is 0 Å². The minimum atomic E-state index is -0.329. The summed E-state index contributed by atoms with van der Waals surface area (Å²) in [4.78, 5) is 11.5. The number of ether oxygens (including phenoxy) is 1. The predicted molar refractivity (Wildman–Crippen MR) is 54.6 cm³/mol. The zero-order valence-corrected chi connectivity index (χ0v) is 8.77. The first-order valence-electron chi connectivity index (χ1n) is 5.02.